The molecule has 32 heavy (non-hydrogen) atoms. The summed E-state index contributed by atoms with van der Waals surface area (Å²) < 4.78 is 5.96. The number of amides is 1. The lowest BCUT2D eigenvalue weighted by molar-refractivity contribution is 0.0995. The number of pyridine rings is 1. The maximum Gasteiger partial charge on any atom is 0.291 e. The fourth-order valence-corrected chi connectivity index (χ4v) is 4.41. The molecule has 0 radical (unpaired) electrons. The summed E-state index contributed by atoms with van der Waals surface area (Å²) in [5.74, 6) is 0.803. The number of furan rings is 1. The molecule has 5 rings (SSSR count). The molecule has 0 aliphatic carbocycles. The van der Waals surface area contributed by atoms with Crippen molar-refractivity contribution in [2.75, 3.05) is 5.32 Å². The number of hydrogen-bond acceptors (Lipinski definition) is 3. The number of fused-ring (bicyclic) bond motifs is 2. The quantitative estimate of drug-likeness (QED) is 0.327. The predicted octanol–water partition coefficient (Wildman–Crippen LogP) is 6.75. The Morgan fingerprint density at radius 2 is 1.44 bits per heavy atom. The number of aryl methyl sites for hydroxylation is 3. The summed E-state index contributed by atoms with van der Waals surface area (Å²) in [7, 11) is 0. The molecule has 158 valence electrons. The monoisotopic (exact) mass is 420 g/mol. The van der Waals surface area contributed by atoms with Crippen LogP contribution in [0.5, 0.6) is 0 Å². The number of benzene rings is 3. The maximum absolute atomic E-state index is 13.1. The fourth-order valence-electron chi connectivity index (χ4n) is 4.41. The molecule has 3 aromatic carbocycles. The van der Waals surface area contributed by atoms with Crippen molar-refractivity contribution in [1.29, 1.82) is 0 Å². The van der Waals surface area contributed by atoms with Crippen molar-refractivity contribution >= 4 is 33.4 Å². The molecule has 4 heteroatoms. The van der Waals surface area contributed by atoms with Gasteiger partial charge in [-0.1, -0.05) is 54.1 Å². The van der Waals surface area contributed by atoms with E-state index in [0.29, 0.717) is 12.2 Å². The van der Waals surface area contributed by atoms with E-state index in [1.807, 2.05) is 54.6 Å². The Hall–Kier alpha value is -3.92. The number of rotatable bonds is 4. The molecule has 1 N–H and O–H groups in total. The van der Waals surface area contributed by atoms with Gasteiger partial charge in [-0.2, -0.15) is 0 Å². The van der Waals surface area contributed by atoms with Crippen LogP contribution in [0.25, 0.3) is 21.8 Å². The molecule has 0 spiro atoms. The Balaban J connectivity index is 1.47. The fraction of sp³-hybridized carbons (Fsp3) is 0.143. The minimum absolute atomic E-state index is 0.268. The highest BCUT2D eigenvalue weighted by molar-refractivity contribution is 6.15. The van der Waals surface area contributed by atoms with Crippen molar-refractivity contribution in [3.8, 4) is 0 Å². The van der Waals surface area contributed by atoms with Crippen LogP contribution >= 0.6 is 0 Å². The first-order valence-corrected chi connectivity index (χ1v) is 10.7. The lowest BCUT2D eigenvalue weighted by Gasteiger charge is -2.11. The molecule has 2 aromatic heterocycles. The summed E-state index contributed by atoms with van der Waals surface area (Å²) in [5.41, 5.74) is 7.39. The van der Waals surface area contributed by atoms with Gasteiger partial charge in [0.2, 0.25) is 0 Å². The van der Waals surface area contributed by atoms with Crippen LogP contribution in [0.1, 0.15) is 38.6 Å². The van der Waals surface area contributed by atoms with Gasteiger partial charge in [0.15, 0.2) is 5.76 Å². The minimum atomic E-state index is -0.268. The number of hydrogen-bond donors (Lipinski definition) is 1. The first kappa shape index (κ1) is 20.0. The van der Waals surface area contributed by atoms with E-state index in [-0.39, 0.29) is 5.91 Å². The summed E-state index contributed by atoms with van der Waals surface area (Å²) in [4.78, 5) is 17.8. The Labute approximate surface area is 186 Å². The Morgan fingerprint density at radius 1 is 0.844 bits per heavy atom. The normalized spacial score (nSPS) is 11.2. The second kappa shape index (κ2) is 7.97. The number of para-hydroxylation sites is 2. The van der Waals surface area contributed by atoms with Crippen LogP contribution < -0.4 is 5.32 Å². The highest BCUT2D eigenvalue weighted by Crippen LogP contribution is 2.31. The zero-order chi connectivity index (χ0) is 22.2. The molecule has 0 fully saturated rings. The third-order valence-corrected chi connectivity index (χ3v) is 5.90. The van der Waals surface area contributed by atoms with E-state index in [1.54, 1.807) is 6.07 Å². The number of anilines is 1. The van der Waals surface area contributed by atoms with Gasteiger partial charge in [0, 0.05) is 17.2 Å². The summed E-state index contributed by atoms with van der Waals surface area (Å²) in [5, 5.41) is 4.88. The van der Waals surface area contributed by atoms with E-state index in [9.17, 15) is 4.79 Å². The molecule has 0 saturated heterocycles. The second-order valence-electron chi connectivity index (χ2n) is 8.30. The average molecular weight is 421 g/mol. The zero-order valence-electron chi connectivity index (χ0n) is 18.4. The Bertz CT molecular complexity index is 1400. The topological polar surface area (TPSA) is 55.1 Å². The molecule has 0 saturated carbocycles. The summed E-state index contributed by atoms with van der Waals surface area (Å²) in [6, 6.07) is 23.6. The summed E-state index contributed by atoms with van der Waals surface area (Å²) in [6.45, 7) is 6.34. The van der Waals surface area contributed by atoms with Crippen LogP contribution in [0.3, 0.4) is 0 Å². The number of carbonyl (C=O) groups excluding carboxylic acids is 1. The zero-order valence-corrected chi connectivity index (χ0v) is 18.4. The summed E-state index contributed by atoms with van der Waals surface area (Å²) >= 11 is 0. The lowest BCUT2D eigenvalue weighted by Crippen LogP contribution is -2.12. The summed E-state index contributed by atoms with van der Waals surface area (Å²) in [6.07, 6.45) is 0.659. The highest BCUT2D eigenvalue weighted by atomic mass is 16.3. The number of carbonyl (C=O) groups is 1. The van der Waals surface area contributed by atoms with Gasteiger partial charge in [0.1, 0.15) is 5.76 Å². The van der Waals surface area contributed by atoms with E-state index in [2.05, 4.69) is 38.2 Å². The number of aromatic nitrogens is 1. The average Bonchev–Trinajstić information content (AvgIpc) is 3.25. The van der Waals surface area contributed by atoms with Crippen LogP contribution in [0.15, 0.2) is 77.2 Å². The SMILES string of the molecule is Cc1cc(C)c(Cc2ccc(C(=O)Nc3c4ccccc4nc4ccccc34)o2)c(C)c1. The molecule has 0 bridgehead atoms. The van der Waals surface area contributed by atoms with Crippen molar-refractivity contribution in [1.82, 2.24) is 4.98 Å². The molecule has 0 atom stereocenters. The molecule has 2 heterocycles. The maximum atomic E-state index is 13.1. The highest BCUT2D eigenvalue weighted by Gasteiger charge is 2.17. The van der Waals surface area contributed by atoms with Gasteiger partial charge in [-0.05, 0) is 61.7 Å². The molecular weight excluding hydrogens is 396 g/mol. The van der Waals surface area contributed by atoms with Crippen LogP contribution in [0, 0.1) is 20.8 Å². The number of nitrogens with one attached hydrogen (secondary N) is 1. The van der Waals surface area contributed by atoms with Gasteiger partial charge in [-0.15, -0.1) is 0 Å². The molecule has 4 nitrogen and oxygen atoms in total. The van der Waals surface area contributed by atoms with Crippen molar-refractivity contribution in [2.45, 2.75) is 27.2 Å². The van der Waals surface area contributed by atoms with Gasteiger partial charge in [0.05, 0.1) is 16.7 Å². The first-order chi connectivity index (χ1) is 15.5. The van der Waals surface area contributed by atoms with Gasteiger partial charge < -0.3 is 9.73 Å². The van der Waals surface area contributed by atoms with Crippen LogP contribution in [0.2, 0.25) is 0 Å². The smallest absolute Gasteiger partial charge is 0.291 e. The largest absolute Gasteiger partial charge is 0.456 e. The molecule has 0 aliphatic rings. The van der Waals surface area contributed by atoms with Crippen LogP contribution in [-0.4, -0.2) is 10.9 Å². The predicted molar refractivity (Wildman–Crippen MR) is 129 cm³/mol. The second-order valence-corrected chi connectivity index (χ2v) is 8.30. The van der Waals surface area contributed by atoms with Crippen LogP contribution in [0.4, 0.5) is 5.69 Å². The first-order valence-electron chi connectivity index (χ1n) is 10.7. The lowest BCUT2D eigenvalue weighted by atomic mass is 9.97. The van der Waals surface area contributed by atoms with E-state index in [0.717, 1.165) is 33.3 Å². The third-order valence-electron chi connectivity index (χ3n) is 5.90. The van der Waals surface area contributed by atoms with Crippen molar-refractivity contribution in [2.24, 2.45) is 0 Å². The third kappa shape index (κ3) is 3.65. The number of nitrogens with zero attached hydrogens (tertiary/aromatic N) is 1. The molecule has 1 amide bonds. The van der Waals surface area contributed by atoms with Crippen molar-refractivity contribution in [3.05, 3.63) is 107 Å². The molecule has 5 aromatic rings. The van der Waals surface area contributed by atoms with Gasteiger partial charge in [0.25, 0.3) is 5.91 Å². The van der Waals surface area contributed by atoms with E-state index in [1.165, 1.54) is 22.3 Å². The molecule has 0 aliphatic heterocycles. The minimum Gasteiger partial charge on any atom is -0.456 e. The van der Waals surface area contributed by atoms with E-state index in [4.69, 9.17) is 9.40 Å². The molecule has 0 unspecified atom stereocenters. The Kier molecular flexibility index (Phi) is 4.98. The van der Waals surface area contributed by atoms with Crippen LogP contribution in [-0.2, 0) is 6.42 Å². The van der Waals surface area contributed by atoms with Gasteiger partial charge in [-0.25, -0.2) is 4.98 Å². The van der Waals surface area contributed by atoms with Gasteiger partial charge >= 0.3 is 0 Å². The van der Waals surface area contributed by atoms with Gasteiger partial charge in [-0.3, -0.25) is 4.79 Å². The Morgan fingerprint density at radius 3 is 2.06 bits per heavy atom. The van der Waals surface area contributed by atoms with E-state index < -0.39 is 0 Å². The van der Waals surface area contributed by atoms with E-state index >= 15 is 0 Å². The van der Waals surface area contributed by atoms with Crippen molar-refractivity contribution < 1.29 is 9.21 Å². The molecular formula is C28H24N2O2. The standard InChI is InChI=1S/C28H24N2O2/c1-17-14-18(2)23(19(3)15-17)16-20-12-13-26(32-20)28(31)30-27-21-8-4-6-10-24(21)29-25-11-7-5-9-22(25)27/h4-15H,16H2,1-3H3,(H,29,30,31). The van der Waals surface area contributed by atoms with Crippen molar-refractivity contribution in [3.63, 3.8) is 0 Å².